The van der Waals surface area contributed by atoms with E-state index in [2.05, 4.69) is 15.0 Å². The summed E-state index contributed by atoms with van der Waals surface area (Å²) in [5, 5.41) is 9.78. The summed E-state index contributed by atoms with van der Waals surface area (Å²) in [5.41, 5.74) is -1.35. The Morgan fingerprint density at radius 1 is 1.21 bits per heavy atom. The van der Waals surface area contributed by atoms with Crippen LogP contribution < -0.4 is 11.2 Å². The third-order valence-corrected chi connectivity index (χ3v) is 2.53. The van der Waals surface area contributed by atoms with E-state index < -0.39 is 17.1 Å². The van der Waals surface area contributed by atoms with Gasteiger partial charge in [0.2, 0.25) is 11.8 Å². The molecule has 0 bridgehead atoms. The standard InChI is InChI=1S/C11H11N5O3/c1-15-8(17)7(9(18)16(2)11(15)19)6-14-10-12-4-3-5-13-10/h3-6,17H,1-2H3. The predicted molar refractivity (Wildman–Crippen MR) is 67.9 cm³/mol. The van der Waals surface area contributed by atoms with Crippen molar-refractivity contribution in [3.05, 3.63) is 44.9 Å². The second-order valence-electron chi connectivity index (χ2n) is 3.75. The molecule has 0 spiro atoms. The molecule has 8 nitrogen and oxygen atoms in total. The summed E-state index contributed by atoms with van der Waals surface area (Å²) < 4.78 is 1.83. The number of hydrogen-bond acceptors (Lipinski definition) is 6. The fourth-order valence-corrected chi connectivity index (χ4v) is 1.45. The van der Waals surface area contributed by atoms with Crippen molar-refractivity contribution < 1.29 is 5.11 Å². The molecule has 0 aliphatic rings. The van der Waals surface area contributed by atoms with Gasteiger partial charge in [0.15, 0.2) is 0 Å². The smallest absolute Gasteiger partial charge is 0.333 e. The first kappa shape index (κ1) is 12.7. The summed E-state index contributed by atoms with van der Waals surface area (Å²) in [6.45, 7) is 0. The van der Waals surface area contributed by atoms with Crippen LogP contribution in [0, 0.1) is 0 Å². The SMILES string of the molecule is Cn1c(O)c(C=Nc2ncccn2)c(=O)n(C)c1=O. The van der Waals surface area contributed by atoms with Gasteiger partial charge in [0.25, 0.3) is 5.56 Å². The minimum Gasteiger partial charge on any atom is -0.494 e. The quantitative estimate of drug-likeness (QED) is 0.722. The number of hydrogen-bond donors (Lipinski definition) is 1. The number of rotatable bonds is 2. The van der Waals surface area contributed by atoms with Crippen molar-refractivity contribution in [2.45, 2.75) is 0 Å². The van der Waals surface area contributed by atoms with Crippen molar-refractivity contribution in [1.82, 2.24) is 19.1 Å². The van der Waals surface area contributed by atoms with Gasteiger partial charge in [-0.3, -0.25) is 13.9 Å². The summed E-state index contributed by atoms with van der Waals surface area (Å²) in [6, 6.07) is 1.63. The lowest BCUT2D eigenvalue weighted by Crippen LogP contribution is -2.38. The molecule has 0 saturated heterocycles. The molecule has 0 saturated carbocycles. The van der Waals surface area contributed by atoms with Crippen molar-refractivity contribution >= 4 is 12.2 Å². The van der Waals surface area contributed by atoms with Crippen LogP contribution in [0.1, 0.15) is 5.56 Å². The van der Waals surface area contributed by atoms with E-state index >= 15 is 0 Å². The Morgan fingerprint density at radius 2 is 1.84 bits per heavy atom. The number of aliphatic imine (C=N–C) groups is 1. The van der Waals surface area contributed by atoms with E-state index in [0.717, 1.165) is 15.3 Å². The number of nitrogens with zero attached hydrogens (tertiary/aromatic N) is 5. The zero-order valence-corrected chi connectivity index (χ0v) is 10.3. The van der Waals surface area contributed by atoms with Crippen molar-refractivity contribution in [3.63, 3.8) is 0 Å². The number of aromatic hydroxyl groups is 1. The van der Waals surface area contributed by atoms with Crippen molar-refractivity contribution in [1.29, 1.82) is 0 Å². The molecule has 0 unspecified atom stereocenters. The van der Waals surface area contributed by atoms with Gasteiger partial charge in [-0.1, -0.05) is 0 Å². The van der Waals surface area contributed by atoms with Gasteiger partial charge in [-0.25, -0.2) is 19.8 Å². The zero-order valence-electron chi connectivity index (χ0n) is 10.3. The average molecular weight is 261 g/mol. The van der Waals surface area contributed by atoms with Gasteiger partial charge in [-0.05, 0) is 6.07 Å². The summed E-state index contributed by atoms with van der Waals surface area (Å²) >= 11 is 0. The highest BCUT2D eigenvalue weighted by Gasteiger charge is 2.12. The van der Waals surface area contributed by atoms with Gasteiger partial charge in [0.05, 0.1) is 0 Å². The summed E-state index contributed by atoms with van der Waals surface area (Å²) in [6.07, 6.45) is 4.13. The molecule has 0 atom stereocenters. The largest absolute Gasteiger partial charge is 0.494 e. The fourth-order valence-electron chi connectivity index (χ4n) is 1.45. The van der Waals surface area contributed by atoms with Crippen LogP contribution in [0.15, 0.2) is 33.0 Å². The Hall–Kier alpha value is -2.77. The average Bonchev–Trinajstić information content (AvgIpc) is 2.44. The maximum absolute atomic E-state index is 11.8. The van der Waals surface area contributed by atoms with Crippen LogP contribution in [-0.2, 0) is 14.1 Å². The van der Waals surface area contributed by atoms with E-state index in [0.29, 0.717) is 0 Å². The Kier molecular flexibility index (Phi) is 3.23. The molecule has 0 aliphatic heterocycles. The molecule has 2 heterocycles. The lowest BCUT2D eigenvalue weighted by Gasteiger charge is -2.06. The van der Waals surface area contributed by atoms with Crippen LogP contribution in [0.5, 0.6) is 5.88 Å². The summed E-state index contributed by atoms with van der Waals surface area (Å²) in [4.78, 5) is 34.9. The van der Waals surface area contributed by atoms with Crippen LogP contribution in [0.2, 0.25) is 0 Å². The van der Waals surface area contributed by atoms with Gasteiger partial charge in [0.1, 0.15) is 5.56 Å². The van der Waals surface area contributed by atoms with E-state index in [9.17, 15) is 14.7 Å². The van der Waals surface area contributed by atoms with E-state index in [1.165, 1.54) is 26.5 Å². The van der Waals surface area contributed by atoms with Crippen LogP contribution in [-0.4, -0.2) is 30.4 Å². The molecule has 2 rings (SSSR count). The van der Waals surface area contributed by atoms with Crippen LogP contribution in [0.3, 0.4) is 0 Å². The van der Waals surface area contributed by atoms with Crippen LogP contribution in [0.4, 0.5) is 5.95 Å². The number of aromatic nitrogens is 4. The van der Waals surface area contributed by atoms with Crippen molar-refractivity contribution in [3.8, 4) is 5.88 Å². The highest BCUT2D eigenvalue weighted by molar-refractivity contribution is 5.83. The summed E-state index contributed by atoms with van der Waals surface area (Å²) in [7, 11) is 2.67. The molecule has 0 aromatic carbocycles. The third kappa shape index (κ3) is 2.28. The van der Waals surface area contributed by atoms with E-state index in [4.69, 9.17) is 0 Å². The Labute approximate surface area is 107 Å². The molecule has 2 aromatic rings. The molecule has 2 aromatic heterocycles. The molecular formula is C11H11N5O3. The predicted octanol–water partition coefficient (Wildman–Crippen LogP) is -0.670. The van der Waals surface area contributed by atoms with Gasteiger partial charge < -0.3 is 5.11 Å². The van der Waals surface area contributed by atoms with E-state index in [-0.39, 0.29) is 11.5 Å². The highest BCUT2D eigenvalue weighted by Crippen LogP contribution is 2.07. The van der Waals surface area contributed by atoms with E-state index in [1.54, 1.807) is 6.07 Å². The van der Waals surface area contributed by atoms with Gasteiger partial charge in [-0.2, -0.15) is 0 Å². The fraction of sp³-hybridized carbons (Fsp3) is 0.182. The maximum atomic E-state index is 11.8. The molecule has 0 amide bonds. The van der Waals surface area contributed by atoms with Gasteiger partial charge in [0, 0.05) is 32.7 Å². The molecular weight excluding hydrogens is 250 g/mol. The highest BCUT2D eigenvalue weighted by atomic mass is 16.3. The Balaban J connectivity index is 2.56. The first-order valence-corrected chi connectivity index (χ1v) is 5.32. The molecule has 0 fully saturated rings. The first-order valence-electron chi connectivity index (χ1n) is 5.32. The molecule has 8 heteroatoms. The molecule has 1 N–H and O–H groups in total. The Morgan fingerprint density at radius 3 is 2.47 bits per heavy atom. The Bertz CT molecular complexity index is 745. The van der Waals surface area contributed by atoms with Crippen molar-refractivity contribution in [2.24, 2.45) is 19.1 Å². The lowest BCUT2D eigenvalue weighted by atomic mass is 10.3. The van der Waals surface area contributed by atoms with Crippen LogP contribution >= 0.6 is 0 Å². The minimum absolute atomic E-state index is 0.1000. The van der Waals surface area contributed by atoms with Crippen molar-refractivity contribution in [2.75, 3.05) is 0 Å². The molecule has 19 heavy (non-hydrogen) atoms. The van der Waals surface area contributed by atoms with Gasteiger partial charge >= 0.3 is 5.69 Å². The molecule has 98 valence electrons. The minimum atomic E-state index is -0.639. The first-order chi connectivity index (χ1) is 9.02. The second-order valence-corrected chi connectivity index (χ2v) is 3.75. The molecule has 0 aliphatic carbocycles. The van der Waals surface area contributed by atoms with Gasteiger partial charge in [-0.15, -0.1) is 0 Å². The second kappa shape index (κ2) is 4.84. The topological polar surface area (TPSA) is 102 Å². The lowest BCUT2D eigenvalue weighted by molar-refractivity contribution is 0.410. The normalized spacial score (nSPS) is 11.1. The van der Waals surface area contributed by atoms with E-state index in [1.807, 2.05) is 0 Å². The van der Waals surface area contributed by atoms with Crippen LogP contribution in [0.25, 0.3) is 0 Å². The summed E-state index contributed by atoms with van der Waals surface area (Å²) in [5.74, 6) is -0.300. The zero-order chi connectivity index (χ0) is 14.0. The maximum Gasteiger partial charge on any atom is 0.333 e. The third-order valence-electron chi connectivity index (χ3n) is 2.53. The molecule has 0 radical (unpaired) electrons. The monoisotopic (exact) mass is 261 g/mol.